The first kappa shape index (κ1) is 11.2. The third kappa shape index (κ3) is 2.36. The summed E-state index contributed by atoms with van der Waals surface area (Å²) in [7, 11) is 0. The minimum atomic E-state index is 0.131. The lowest BCUT2D eigenvalue weighted by Crippen LogP contribution is -1.97. The summed E-state index contributed by atoms with van der Waals surface area (Å²) in [6.45, 7) is 0.818. The molecule has 1 heteroatoms. The van der Waals surface area contributed by atoms with Crippen molar-refractivity contribution in [2.75, 3.05) is 6.61 Å². The second-order valence-corrected chi connectivity index (χ2v) is 4.54. The van der Waals surface area contributed by atoms with Gasteiger partial charge in [0.1, 0.15) is 6.10 Å². The molecular weight excluding hydrogens is 220 g/mol. The number of benzene rings is 2. The van der Waals surface area contributed by atoms with Crippen molar-refractivity contribution in [1.29, 1.82) is 0 Å². The average Bonchev–Trinajstić information content (AvgIpc) is 2.89. The Morgan fingerprint density at radius 2 is 1.56 bits per heavy atom. The van der Waals surface area contributed by atoms with E-state index in [9.17, 15) is 0 Å². The van der Waals surface area contributed by atoms with E-state index in [1.807, 2.05) is 12.1 Å². The van der Waals surface area contributed by atoms with Crippen molar-refractivity contribution in [3.8, 4) is 0 Å². The highest BCUT2D eigenvalue weighted by molar-refractivity contribution is 5.55. The number of hydrogen-bond donors (Lipinski definition) is 0. The normalized spacial score (nSPS) is 21.3. The van der Waals surface area contributed by atoms with Crippen LogP contribution in [0.2, 0.25) is 0 Å². The molecule has 0 saturated carbocycles. The number of rotatable bonds is 2. The minimum Gasteiger partial charge on any atom is -0.369 e. The lowest BCUT2D eigenvalue weighted by atomic mass is 9.99. The zero-order valence-electron chi connectivity index (χ0n) is 10.3. The summed E-state index contributed by atoms with van der Waals surface area (Å²) in [6.07, 6.45) is 3.41. The van der Waals surface area contributed by atoms with Gasteiger partial charge in [-0.2, -0.15) is 0 Å². The third-order valence-corrected chi connectivity index (χ3v) is 3.27. The van der Waals surface area contributed by atoms with Gasteiger partial charge in [0.2, 0.25) is 0 Å². The first-order valence-corrected chi connectivity index (χ1v) is 6.35. The lowest BCUT2D eigenvalue weighted by molar-refractivity contribution is 0.125. The maximum absolute atomic E-state index is 5.86. The minimum absolute atomic E-state index is 0.131. The molecule has 0 spiro atoms. The van der Waals surface area contributed by atoms with Crippen LogP contribution in [0.15, 0.2) is 66.2 Å². The standard InChI is InChI=1S/C17H16O/c1-3-7-14(8-4-1)13-16-11-12-18-17(16)15-9-5-2-6-10-15/h1-10,13,17H,11-12H2/b16-13+. The van der Waals surface area contributed by atoms with E-state index in [1.54, 1.807) is 0 Å². The average molecular weight is 236 g/mol. The number of ether oxygens (including phenoxy) is 1. The van der Waals surface area contributed by atoms with E-state index in [0.29, 0.717) is 0 Å². The van der Waals surface area contributed by atoms with Gasteiger partial charge in [0.15, 0.2) is 0 Å². The van der Waals surface area contributed by atoms with Crippen molar-refractivity contribution in [2.45, 2.75) is 12.5 Å². The van der Waals surface area contributed by atoms with Crippen molar-refractivity contribution in [1.82, 2.24) is 0 Å². The summed E-state index contributed by atoms with van der Waals surface area (Å²) >= 11 is 0. The second-order valence-electron chi connectivity index (χ2n) is 4.54. The molecule has 90 valence electrons. The van der Waals surface area contributed by atoms with Gasteiger partial charge in [-0.1, -0.05) is 66.7 Å². The second kappa shape index (κ2) is 5.19. The fourth-order valence-electron chi connectivity index (χ4n) is 2.38. The van der Waals surface area contributed by atoms with Gasteiger partial charge < -0.3 is 4.74 Å². The van der Waals surface area contributed by atoms with Gasteiger partial charge in [-0.05, 0) is 23.1 Å². The Bertz CT molecular complexity index is 528. The quantitative estimate of drug-likeness (QED) is 0.758. The summed E-state index contributed by atoms with van der Waals surface area (Å²) in [6, 6.07) is 20.9. The summed E-state index contributed by atoms with van der Waals surface area (Å²) in [5, 5.41) is 0. The Hall–Kier alpha value is -1.86. The fraction of sp³-hybridized carbons (Fsp3) is 0.176. The van der Waals surface area contributed by atoms with Crippen LogP contribution in [0.1, 0.15) is 23.7 Å². The Kier molecular flexibility index (Phi) is 3.24. The van der Waals surface area contributed by atoms with E-state index >= 15 is 0 Å². The Balaban J connectivity index is 1.90. The van der Waals surface area contributed by atoms with Crippen LogP contribution in [-0.2, 0) is 4.74 Å². The van der Waals surface area contributed by atoms with Gasteiger partial charge in [0.05, 0.1) is 6.61 Å². The largest absolute Gasteiger partial charge is 0.369 e. The predicted octanol–water partition coefficient (Wildman–Crippen LogP) is 4.23. The van der Waals surface area contributed by atoms with Gasteiger partial charge >= 0.3 is 0 Å². The van der Waals surface area contributed by atoms with Crippen LogP contribution in [0.5, 0.6) is 0 Å². The molecule has 0 aliphatic carbocycles. The fourth-order valence-corrected chi connectivity index (χ4v) is 2.38. The molecule has 0 N–H and O–H groups in total. The molecule has 3 rings (SSSR count). The van der Waals surface area contributed by atoms with Crippen LogP contribution >= 0.6 is 0 Å². The molecule has 1 heterocycles. The highest BCUT2D eigenvalue weighted by Gasteiger charge is 2.22. The van der Waals surface area contributed by atoms with Crippen LogP contribution in [-0.4, -0.2) is 6.61 Å². The Morgan fingerprint density at radius 3 is 2.28 bits per heavy atom. The van der Waals surface area contributed by atoms with E-state index in [4.69, 9.17) is 4.74 Å². The summed E-state index contributed by atoms with van der Waals surface area (Å²) in [4.78, 5) is 0. The maximum Gasteiger partial charge on any atom is 0.104 e. The maximum atomic E-state index is 5.86. The van der Waals surface area contributed by atoms with Crippen LogP contribution < -0.4 is 0 Å². The SMILES string of the molecule is C(=C1/CCOC1c1ccccc1)/c1ccccc1. The molecule has 1 nitrogen and oxygen atoms in total. The molecular formula is C17H16O. The van der Waals surface area contributed by atoms with Gasteiger partial charge in [0.25, 0.3) is 0 Å². The zero-order valence-corrected chi connectivity index (χ0v) is 10.3. The van der Waals surface area contributed by atoms with Gasteiger partial charge in [-0.15, -0.1) is 0 Å². The van der Waals surface area contributed by atoms with E-state index in [0.717, 1.165) is 13.0 Å². The van der Waals surface area contributed by atoms with Crippen molar-refractivity contribution in [2.24, 2.45) is 0 Å². The molecule has 1 aliphatic rings. The molecule has 2 aromatic rings. The molecule has 2 aromatic carbocycles. The molecule has 0 radical (unpaired) electrons. The van der Waals surface area contributed by atoms with E-state index in [-0.39, 0.29) is 6.10 Å². The van der Waals surface area contributed by atoms with Crippen molar-refractivity contribution in [3.63, 3.8) is 0 Å². The summed E-state index contributed by atoms with van der Waals surface area (Å²) < 4.78 is 5.86. The molecule has 1 saturated heterocycles. The van der Waals surface area contributed by atoms with Crippen LogP contribution in [0.4, 0.5) is 0 Å². The third-order valence-electron chi connectivity index (χ3n) is 3.27. The van der Waals surface area contributed by atoms with E-state index in [2.05, 4.69) is 54.6 Å². The molecule has 1 fully saturated rings. The summed E-state index contributed by atoms with van der Waals surface area (Å²) in [5.74, 6) is 0. The van der Waals surface area contributed by atoms with Crippen LogP contribution in [0, 0.1) is 0 Å². The zero-order chi connectivity index (χ0) is 12.2. The molecule has 0 bridgehead atoms. The molecule has 1 atom stereocenters. The highest BCUT2D eigenvalue weighted by atomic mass is 16.5. The van der Waals surface area contributed by atoms with Crippen LogP contribution in [0.3, 0.4) is 0 Å². The first-order chi connectivity index (χ1) is 8.93. The first-order valence-electron chi connectivity index (χ1n) is 6.35. The van der Waals surface area contributed by atoms with Crippen molar-refractivity contribution >= 4 is 6.08 Å². The van der Waals surface area contributed by atoms with E-state index < -0.39 is 0 Å². The Morgan fingerprint density at radius 1 is 0.889 bits per heavy atom. The monoisotopic (exact) mass is 236 g/mol. The smallest absolute Gasteiger partial charge is 0.104 e. The number of hydrogen-bond acceptors (Lipinski definition) is 1. The molecule has 1 aliphatic heterocycles. The highest BCUT2D eigenvalue weighted by Crippen LogP contribution is 2.34. The van der Waals surface area contributed by atoms with E-state index in [1.165, 1.54) is 16.7 Å². The van der Waals surface area contributed by atoms with Gasteiger partial charge in [0, 0.05) is 0 Å². The Labute approximate surface area is 108 Å². The van der Waals surface area contributed by atoms with Crippen molar-refractivity contribution < 1.29 is 4.74 Å². The summed E-state index contributed by atoms with van der Waals surface area (Å²) in [5.41, 5.74) is 3.86. The predicted molar refractivity (Wildman–Crippen MR) is 74.2 cm³/mol. The van der Waals surface area contributed by atoms with Crippen LogP contribution in [0.25, 0.3) is 6.08 Å². The molecule has 0 amide bonds. The molecule has 0 aromatic heterocycles. The van der Waals surface area contributed by atoms with Gasteiger partial charge in [-0.3, -0.25) is 0 Å². The molecule has 18 heavy (non-hydrogen) atoms. The lowest BCUT2D eigenvalue weighted by Gasteiger charge is -2.12. The van der Waals surface area contributed by atoms with Gasteiger partial charge in [-0.25, -0.2) is 0 Å². The topological polar surface area (TPSA) is 9.23 Å². The van der Waals surface area contributed by atoms with Crippen molar-refractivity contribution in [3.05, 3.63) is 77.4 Å². The molecule has 1 unspecified atom stereocenters.